The minimum atomic E-state index is 0.349. The van der Waals surface area contributed by atoms with Crippen molar-refractivity contribution >= 4 is 33.3 Å². The molecule has 1 aliphatic heterocycles. The number of benzene rings is 4. The van der Waals surface area contributed by atoms with Gasteiger partial charge in [-0.1, -0.05) is 60.2 Å². The van der Waals surface area contributed by atoms with E-state index < -0.39 is 0 Å². The van der Waals surface area contributed by atoms with Crippen molar-refractivity contribution in [2.75, 3.05) is 25.0 Å². The summed E-state index contributed by atoms with van der Waals surface area (Å²) in [6.45, 7) is 6.40. The SMILES string of the molecule is Cc1cccc(Cn2ncc3cc(Nc4ncnc5ccc(-c6ccc(CN7CC8C(CO)C8C7)cc6)cc45)ccc32)c1. The molecule has 214 valence electrons. The molecule has 1 aliphatic carbocycles. The summed E-state index contributed by atoms with van der Waals surface area (Å²) in [5, 5.41) is 19.7. The first-order chi connectivity index (χ1) is 21.1. The predicted molar refractivity (Wildman–Crippen MR) is 171 cm³/mol. The van der Waals surface area contributed by atoms with E-state index in [0.29, 0.717) is 24.4 Å². The molecule has 3 heterocycles. The second-order valence-electron chi connectivity index (χ2n) is 12.2. The predicted octanol–water partition coefficient (Wildman–Crippen LogP) is 6.42. The molecule has 0 bridgehead atoms. The minimum absolute atomic E-state index is 0.349. The molecule has 0 spiro atoms. The molecular formula is C36H34N6O. The van der Waals surface area contributed by atoms with E-state index in [1.807, 2.05) is 10.9 Å². The molecule has 2 unspecified atom stereocenters. The second kappa shape index (κ2) is 10.6. The van der Waals surface area contributed by atoms with Gasteiger partial charge in [0.2, 0.25) is 0 Å². The summed E-state index contributed by atoms with van der Waals surface area (Å²) in [5.74, 6) is 2.74. The van der Waals surface area contributed by atoms with E-state index in [0.717, 1.165) is 65.1 Å². The van der Waals surface area contributed by atoms with Crippen molar-refractivity contribution in [3.8, 4) is 11.1 Å². The van der Waals surface area contributed by atoms with Crippen LogP contribution in [0.25, 0.3) is 32.9 Å². The number of hydrogen-bond acceptors (Lipinski definition) is 6. The molecular weight excluding hydrogens is 532 g/mol. The second-order valence-corrected chi connectivity index (χ2v) is 12.2. The lowest BCUT2D eigenvalue weighted by Crippen LogP contribution is -2.24. The van der Waals surface area contributed by atoms with Gasteiger partial charge in [0, 0.05) is 42.7 Å². The largest absolute Gasteiger partial charge is 0.396 e. The smallest absolute Gasteiger partial charge is 0.141 e. The van der Waals surface area contributed by atoms with Gasteiger partial charge in [0.05, 0.1) is 23.8 Å². The van der Waals surface area contributed by atoms with Crippen molar-refractivity contribution in [3.05, 3.63) is 114 Å². The van der Waals surface area contributed by atoms with Gasteiger partial charge in [-0.25, -0.2) is 9.97 Å². The summed E-state index contributed by atoms with van der Waals surface area (Å²) in [5.41, 5.74) is 9.09. The maximum Gasteiger partial charge on any atom is 0.141 e. The minimum Gasteiger partial charge on any atom is -0.396 e. The maximum absolute atomic E-state index is 9.44. The van der Waals surface area contributed by atoms with Gasteiger partial charge in [0.25, 0.3) is 0 Å². The monoisotopic (exact) mass is 566 g/mol. The normalized spacial score (nSPS) is 19.6. The molecule has 43 heavy (non-hydrogen) atoms. The van der Waals surface area contributed by atoms with E-state index in [9.17, 15) is 5.11 Å². The number of hydrogen-bond donors (Lipinski definition) is 2. The highest BCUT2D eigenvalue weighted by Crippen LogP contribution is 2.51. The molecule has 2 fully saturated rings. The maximum atomic E-state index is 9.44. The van der Waals surface area contributed by atoms with E-state index in [1.165, 1.54) is 22.3 Å². The lowest BCUT2D eigenvalue weighted by Gasteiger charge is -2.19. The van der Waals surface area contributed by atoms with Gasteiger partial charge in [0.15, 0.2) is 0 Å². The zero-order valence-corrected chi connectivity index (χ0v) is 24.2. The van der Waals surface area contributed by atoms with Crippen LogP contribution in [0, 0.1) is 24.7 Å². The first-order valence-electron chi connectivity index (χ1n) is 15.1. The number of rotatable bonds is 8. The van der Waals surface area contributed by atoms with E-state index >= 15 is 0 Å². The van der Waals surface area contributed by atoms with Gasteiger partial charge in [-0.05, 0) is 77.3 Å². The van der Waals surface area contributed by atoms with E-state index in [4.69, 9.17) is 0 Å². The molecule has 2 atom stereocenters. The third kappa shape index (κ3) is 5.05. The molecule has 2 aliphatic rings. The number of aliphatic hydroxyl groups excluding tert-OH is 1. The van der Waals surface area contributed by atoms with Crippen LogP contribution in [0.15, 0.2) is 97.5 Å². The number of fused-ring (bicyclic) bond motifs is 3. The molecule has 1 saturated heterocycles. The zero-order chi connectivity index (χ0) is 28.9. The molecule has 2 aromatic heterocycles. The van der Waals surface area contributed by atoms with Gasteiger partial charge < -0.3 is 10.4 Å². The molecule has 8 rings (SSSR count). The molecule has 7 nitrogen and oxygen atoms in total. The van der Waals surface area contributed by atoms with Gasteiger partial charge >= 0.3 is 0 Å². The Morgan fingerprint density at radius 1 is 0.837 bits per heavy atom. The fraction of sp³-hybridized carbons (Fsp3) is 0.250. The Hall–Kier alpha value is -4.59. The lowest BCUT2D eigenvalue weighted by molar-refractivity contribution is 0.217. The lowest BCUT2D eigenvalue weighted by atomic mass is 10.0. The highest BCUT2D eigenvalue weighted by Gasteiger charge is 2.54. The van der Waals surface area contributed by atoms with E-state index in [1.54, 1.807) is 6.33 Å². The van der Waals surface area contributed by atoms with Gasteiger partial charge in [-0.2, -0.15) is 5.10 Å². The molecule has 0 amide bonds. The fourth-order valence-corrected chi connectivity index (χ4v) is 6.94. The number of aryl methyl sites for hydroxylation is 1. The van der Waals surface area contributed by atoms with Crippen molar-refractivity contribution in [2.24, 2.45) is 17.8 Å². The Morgan fingerprint density at radius 2 is 1.67 bits per heavy atom. The van der Waals surface area contributed by atoms with Crippen LogP contribution >= 0.6 is 0 Å². The van der Waals surface area contributed by atoms with Crippen molar-refractivity contribution in [1.82, 2.24) is 24.6 Å². The number of nitrogens with zero attached hydrogens (tertiary/aromatic N) is 5. The summed E-state index contributed by atoms with van der Waals surface area (Å²) < 4.78 is 2.05. The van der Waals surface area contributed by atoms with Crippen LogP contribution < -0.4 is 5.32 Å². The van der Waals surface area contributed by atoms with Crippen molar-refractivity contribution in [1.29, 1.82) is 0 Å². The summed E-state index contributed by atoms with van der Waals surface area (Å²) in [4.78, 5) is 11.7. The molecule has 2 N–H and O–H groups in total. The summed E-state index contributed by atoms with van der Waals surface area (Å²) in [6, 6.07) is 30.2. The van der Waals surface area contributed by atoms with Gasteiger partial charge in [-0.15, -0.1) is 0 Å². The topological polar surface area (TPSA) is 79.1 Å². The Kier molecular flexibility index (Phi) is 6.42. The quantitative estimate of drug-likeness (QED) is 0.221. The summed E-state index contributed by atoms with van der Waals surface area (Å²) in [6.07, 6.45) is 3.54. The Balaban J connectivity index is 1.00. The summed E-state index contributed by atoms with van der Waals surface area (Å²) in [7, 11) is 0. The average Bonchev–Trinajstić information content (AvgIpc) is 3.29. The van der Waals surface area contributed by atoms with Crippen LogP contribution in [0.2, 0.25) is 0 Å². The van der Waals surface area contributed by atoms with Crippen LogP contribution in [0.1, 0.15) is 16.7 Å². The first-order valence-corrected chi connectivity index (χ1v) is 15.1. The number of likely N-dealkylation sites (tertiary alicyclic amines) is 1. The molecule has 1 saturated carbocycles. The Labute approximate surface area is 250 Å². The summed E-state index contributed by atoms with van der Waals surface area (Å²) >= 11 is 0. The van der Waals surface area contributed by atoms with E-state index in [2.05, 4.69) is 117 Å². The Morgan fingerprint density at radius 3 is 2.49 bits per heavy atom. The van der Waals surface area contributed by atoms with Gasteiger partial charge in [-0.3, -0.25) is 9.58 Å². The molecule has 7 heteroatoms. The van der Waals surface area contributed by atoms with Crippen LogP contribution in [-0.4, -0.2) is 49.5 Å². The van der Waals surface area contributed by atoms with Crippen LogP contribution in [0.4, 0.5) is 11.5 Å². The van der Waals surface area contributed by atoms with Crippen LogP contribution in [0.5, 0.6) is 0 Å². The number of piperidine rings is 1. The highest BCUT2D eigenvalue weighted by atomic mass is 16.3. The number of anilines is 2. The standard InChI is InChI=1S/C36H34N6O/c1-23-3-2-4-25(13-23)18-42-35-12-10-29(14-28(35)16-39-42)40-36-30-15-27(9-11-34(30)37-22-38-36)26-7-5-24(6-8-26)17-41-19-31-32(20-41)33(31)21-43/h2-16,22,31-33,43H,17-21H2,1H3,(H,37,38,40). The van der Waals surface area contributed by atoms with Crippen molar-refractivity contribution < 1.29 is 5.11 Å². The zero-order valence-electron chi connectivity index (χ0n) is 24.2. The van der Waals surface area contributed by atoms with Crippen molar-refractivity contribution in [2.45, 2.75) is 20.0 Å². The number of nitrogens with one attached hydrogen (secondary N) is 1. The Bertz CT molecular complexity index is 1940. The third-order valence-electron chi connectivity index (χ3n) is 9.31. The molecule has 0 radical (unpaired) electrons. The van der Waals surface area contributed by atoms with Crippen LogP contribution in [0.3, 0.4) is 0 Å². The number of aliphatic hydroxyl groups is 1. The first kappa shape index (κ1) is 26.1. The van der Waals surface area contributed by atoms with E-state index in [-0.39, 0.29) is 0 Å². The van der Waals surface area contributed by atoms with Crippen molar-refractivity contribution in [3.63, 3.8) is 0 Å². The van der Waals surface area contributed by atoms with Gasteiger partial charge in [0.1, 0.15) is 12.1 Å². The van der Waals surface area contributed by atoms with Crippen LogP contribution in [-0.2, 0) is 13.1 Å². The molecule has 6 aromatic rings. The highest BCUT2D eigenvalue weighted by molar-refractivity contribution is 5.94. The fourth-order valence-electron chi connectivity index (χ4n) is 6.94. The average molecular weight is 567 g/mol. The number of aromatic nitrogens is 4. The molecule has 4 aromatic carbocycles. The third-order valence-corrected chi connectivity index (χ3v) is 9.31.